The number of halogens is 3. The highest BCUT2D eigenvalue weighted by atomic mass is 19.4. The predicted molar refractivity (Wildman–Crippen MR) is 136 cm³/mol. The summed E-state index contributed by atoms with van der Waals surface area (Å²) < 4.78 is 45.5. The molecule has 1 aliphatic heterocycles. The van der Waals surface area contributed by atoms with Gasteiger partial charge in [0.25, 0.3) is 0 Å². The Hall–Kier alpha value is -2.74. The molecule has 1 saturated heterocycles. The van der Waals surface area contributed by atoms with Gasteiger partial charge in [0.15, 0.2) is 0 Å². The number of para-hydroxylation sites is 1. The van der Waals surface area contributed by atoms with Gasteiger partial charge >= 0.3 is 6.18 Å². The fourth-order valence-electron chi connectivity index (χ4n) is 5.22. The number of nitrogens with one attached hydrogen (secondary N) is 1. The molecule has 196 valence electrons. The van der Waals surface area contributed by atoms with Crippen molar-refractivity contribution >= 4 is 17.3 Å². The summed E-state index contributed by atoms with van der Waals surface area (Å²) in [6, 6.07) is 12.9. The molecule has 36 heavy (non-hydrogen) atoms. The van der Waals surface area contributed by atoms with Gasteiger partial charge in [0.2, 0.25) is 5.91 Å². The van der Waals surface area contributed by atoms with Crippen LogP contribution in [-0.2, 0) is 22.1 Å². The lowest BCUT2D eigenvalue weighted by Crippen LogP contribution is -2.50. The number of ether oxygens (including phenoxy) is 1. The van der Waals surface area contributed by atoms with E-state index in [1.165, 1.54) is 30.3 Å². The monoisotopic (exact) mass is 503 g/mol. The van der Waals surface area contributed by atoms with E-state index >= 15 is 0 Å². The fourth-order valence-corrected chi connectivity index (χ4v) is 5.22. The number of carbonyl (C=O) groups excluding carboxylic acids is 1. The van der Waals surface area contributed by atoms with E-state index in [0.717, 1.165) is 45.2 Å². The summed E-state index contributed by atoms with van der Waals surface area (Å²) in [4.78, 5) is 17.0. The van der Waals surface area contributed by atoms with Crippen LogP contribution in [0.15, 0.2) is 42.5 Å². The van der Waals surface area contributed by atoms with Gasteiger partial charge in [-0.2, -0.15) is 13.2 Å². The fraction of sp³-hybridized carbons (Fsp3) is 0.536. The number of hydrogen-bond donors (Lipinski definition) is 1. The third-order valence-electron chi connectivity index (χ3n) is 7.38. The molecule has 0 aromatic heterocycles. The van der Waals surface area contributed by atoms with Crippen LogP contribution >= 0.6 is 0 Å². The molecule has 2 fully saturated rings. The molecule has 1 saturated carbocycles. The van der Waals surface area contributed by atoms with Crippen LogP contribution in [0.2, 0.25) is 0 Å². The zero-order valence-electron chi connectivity index (χ0n) is 21.1. The third-order valence-corrected chi connectivity index (χ3v) is 7.38. The lowest BCUT2D eigenvalue weighted by atomic mass is 9.92. The predicted octanol–water partition coefficient (Wildman–Crippen LogP) is 5.66. The first-order chi connectivity index (χ1) is 17.2. The zero-order valence-corrected chi connectivity index (χ0v) is 21.1. The smallest absolute Gasteiger partial charge is 0.382 e. The Kier molecular flexibility index (Phi) is 8.44. The number of piperazine rings is 1. The van der Waals surface area contributed by atoms with Crippen LogP contribution in [0.5, 0.6) is 0 Å². The number of carbonyl (C=O) groups is 1. The van der Waals surface area contributed by atoms with Crippen LogP contribution in [-0.4, -0.2) is 55.7 Å². The second-order valence-electron chi connectivity index (χ2n) is 9.81. The Bertz CT molecular complexity index is 1030. The average Bonchev–Trinajstić information content (AvgIpc) is 2.88. The maximum absolute atomic E-state index is 13.2. The Morgan fingerprint density at radius 3 is 2.39 bits per heavy atom. The van der Waals surface area contributed by atoms with Crippen LogP contribution in [0.4, 0.5) is 24.5 Å². The minimum Gasteiger partial charge on any atom is -0.382 e. The highest BCUT2D eigenvalue weighted by molar-refractivity contribution is 5.77. The largest absolute Gasteiger partial charge is 0.416 e. The van der Waals surface area contributed by atoms with Gasteiger partial charge < -0.3 is 19.9 Å². The Balaban J connectivity index is 1.19. The molecular formula is C28H36F3N3O2. The second kappa shape index (κ2) is 11.5. The Labute approximate surface area is 211 Å². The van der Waals surface area contributed by atoms with Crippen LogP contribution in [0.3, 0.4) is 0 Å². The maximum Gasteiger partial charge on any atom is 0.416 e. The highest BCUT2D eigenvalue weighted by Crippen LogP contribution is 2.34. The van der Waals surface area contributed by atoms with E-state index in [9.17, 15) is 18.0 Å². The van der Waals surface area contributed by atoms with E-state index in [1.54, 1.807) is 6.07 Å². The molecule has 1 amide bonds. The number of benzene rings is 2. The molecule has 8 heteroatoms. The van der Waals surface area contributed by atoms with Crippen LogP contribution in [0, 0.1) is 6.92 Å². The second-order valence-corrected chi connectivity index (χ2v) is 9.81. The lowest BCUT2D eigenvalue weighted by Gasteiger charge is -2.37. The van der Waals surface area contributed by atoms with Gasteiger partial charge in [-0.1, -0.05) is 31.2 Å². The summed E-state index contributed by atoms with van der Waals surface area (Å²) in [6.45, 7) is 6.72. The summed E-state index contributed by atoms with van der Waals surface area (Å²) in [5, 5.41) is 3.25. The number of alkyl halides is 3. The van der Waals surface area contributed by atoms with E-state index in [1.807, 2.05) is 4.90 Å². The average molecular weight is 504 g/mol. The van der Waals surface area contributed by atoms with Crippen LogP contribution in [0.25, 0.3) is 0 Å². The first-order valence-corrected chi connectivity index (χ1v) is 12.9. The SMILES string of the molecule is CCc1ccccc1N1CCN(C(=O)COC2CCC(Nc3ccc(C)c(C(F)(F)F)c3)CC2)CC1. The first-order valence-electron chi connectivity index (χ1n) is 12.9. The standard InChI is InChI=1S/C28H36F3N3O2/c1-3-21-6-4-5-7-26(21)33-14-16-34(17-15-33)27(35)19-36-24-12-10-22(11-13-24)32-23-9-8-20(2)25(18-23)28(29,30)31/h4-9,18,22,24,32H,3,10-17,19H2,1-2H3. The number of amides is 1. The van der Waals surface area contributed by atoms with Crippen molar-refractivity contribution in [2.75, 3.05) is 43.0 Å². The van der Waals surface area contributed by atoms with Gasteiger partial charge in [-0.3, -0.25) is 4.79 Å². The molecule has 0 radical (unpaired) electrons. The molecule has 0 atom stereocenters. The van der Waals surface area contributed by atoms with Crippen molar-refractivity contribution in [1.29, 1.82) is 0 Å². The first kappa shape index (κ1) is 26.3. The van der Waals surface area contributed by atoms with Crippen molar-refractivity contribution in [3.05, 3.63) is 59.2 Å². The van der Waals surface area contributed by atoms with Crippen molar-refractivity contribution in [1.82, 2.24) is 4.90 Å². The van der Waals surface area contributed by atoms with Crippen molar-refractivity contribution in [2.24, 2.45) is 0 Å². The van der Waals surface area contributed by atoms with Gasteiger partial charge in [0, 0.05) is 43.6 Å². The van der Waals surface area contributed by atoms with E-state index in [0.29, 0.717) is 18.8 Å². The number of anilines is 2. The van der Waals surface area contributed by atoms with E-state index < -0.39 is 11.7 Å². The van der Waals surface area contributed by atoms with E-state index in [4.69, 9.17) is 4.74 Å². The van der Waals surface area contributed by atoms with Gasteiger partial charge in [-0.25, -0.2) is 0 Å². The molecule has 0 unspecified atom stereocenters. The summed E-state index contributed by atoms with van der Waals surface area (Å²) in [7, 11) is 0. The van der Waals surface area contributed by atoms with Crippen molar-refractivity contribution in [3.8, 4) is 0 Å². The number of rotatable bonds is 7. The quantitative estimate of drug-likeness (QED) is 0.529. The number of nitrogens with zero attached hydrogens (tertiary/aromatic N) is 2. The normalized spacial score (nSPS) is 20.9. The molecule has 0 spiro atoms. The minimum atomic E-state index is -4.35. The maximum atomic E-state index is 13.2. The number of hydrogen-bond acceptors (Lipinski definition) is 4. The molecule has 1 N–H and O–H groups in total. The molecular weight excluding hydrogens is 467 g/mol. The molecule has 2 aromatic rings. The van der Waals surface area contributed by atoms with Crippen LogP contribution < -0.4 is 10.2 Å². The van der Waals surface area contributed by atoms with E-state index in [2.05, 4.69) is 41.4 Å². The molecule has 1 heterocycles. The van der Waals surface area contributed by atoms with Crippen molar-refractivity contribution in [2.45, 2.75) is 64.3 Å². The molecule has 1 aliphatic carbocycles. The molecule has 2 aromatic carbocycles. The zero-order chi connectivity index (χ0) is 25.7. The summed E-state index contributed by atoms with van der Waals surface area (Å²) in [5.74, 6) is 0.0259. The topological polar surface area (TPSA) is 44.8 Å². The Morgan fingerprint density at radius 2 is 1.72 bits per heavy atom. The summed E-state index contributed by atoms with van der Waals surface area (Å²) in [6.07, 6.45) is -0.205. The molecule has 4 rings (SSSR count). The van der Waals surface area contributed by atoms with E-state index in [-0.39, 0.29) is 30.2 Å². The van der Waals surface area contributed by atoms with Crippen molar-refractivity contribution < 1.29 is 22.7 Å². The summed E-state index contributed by atoms with van der Waals surface area (Å²) in [5.41, 5.74) is 2.71. The molecule has 2 aliphatic rings. The van der Waals surface area contributed by atoms with Gasteiger partial charge in [0.05, 0.1) is 11.7 Å². The number of aryl methyl sites for hydroxylation is 2. The van der Waals surface area contributed by atoms with Crippen LogP contribution in [0.1, 0.15) is 49.3 Å². The van der Waals surface area contributed by atoms with Crippen molar-refractivity contribution in [3.63, 3.8) is 0 Å². The summed E-state index contributed by atoms with van der Waals surface area (Å²) >= 11 is 0. The lowest BCUT2D eigenvalue weighted by molar-refractivity contribution is -0.139. The molecule has 5 nitrogen and oxygen atoms in total. The van der Waals surface area contributed by atoms with Gasteiger partial charge in [0.1, 0.15) is 6.61 Å². The van der Waals surface area contributed by atoms with Gasteiger partial charge in [-0.05, 0) is 68.4 Å². The minimum absolute atomic E-state index is 0.00785. The highest BCUT2D eigenvalue weighted by Gasteiger charge is 2.33. The van der Waals surface area contributed by atoms with Gasteiger partial charge in [-0.15, -0.1) is 0 Å². The Morgan fingerprint density at radius 1 is 1.03 bits per heavy atom. The third kappa shape index (κ3) is 6.52. The molecule has 0 bridgehead atoms.